The summed E-state index contributed by atoms with van der Waals surface area (Å²) in [4.78, 5) is 28.2. The highest BCUT2D eigenvalue weighted by Crippen LogP contribution is 2.29. The van der Waals surface area contributed by atoms with Crippen LogP contribution in [0.15, 0.2) is 67.2 Å². The first kappa shape index (κ1) is 17.3. The molecule has 0 fully saturated rings. The lowest BCUT2D eigenvalue weighted by atomic mass is 10.3. The number of amides is 2. The first-order valence-electron chi connectivity index (χ1n) is 7.41. The van der Waals surface area contributed by atoms with E-state index in [1.54, 1.807) is 22.7 Å². The molecule has 26 heavy (non-hydrogen) atoms. The molecule has 0 aliphatic heterocycles. The van der Waals surface area contributed by atoms with Crippen molar-refractivity contribution < 1.29 is 4.79 Å². The van der Waals surface area contributed by atoms with Crippen LogP contribution < -0.4 is 0 Å². The average Bonchev–Trinajstić information content (AvgIpc) is 3.24. The Morgan fingerprint density at radius 1 is 0.808 bits per heavy atom. The first-order chi connectivity index (χ1) is 12.8. The van der Waals surface area contributed by atoms with E-state index in [0.717, 1.165) is 29.1 Å². The lowest BCUT2D eigenvalue weighted by Crippen LogP contribution is -1.84. The summed E-state index contributed by atoms with van der Waals surface area (Å²) in [7, 11) is 0. The molecular weight excluding hydrogens is 404 g/mol. The number of carbonyl (C=O) groups excluding carboxylic acids is 1. The van der Waals surface area contributed by atoms with E-state index in [1.807, 2.05) is 48.5 Å². The molecule has 4 aromatic rings. The molecule has 2 aromatic heterocycles. The van der Waals surface area contributed by atoms with Gasteiger partial charge in [0.25, 0.3) is 0 Å². The van der Waals surface area contributed by atoms with Crippen LogP contribution >= 0.6 is 46.2 Å². The molecule has 0 spiro atoms. The van der Waals surface area contributed by atoms with Crippen LogP contribution in [-0.2, 0) is 0 Å². The number of aliphatic imine (C=N–C) groups is 2. The molecular formula is C17H10N4OS4. The monoisotopic (exact) mass is 414 g/mol. The third kappa shape index (κ3) is 4.18. The zero-order chi connectivity index (χ0) is 17.8. The number of fused-ring (bicyclic) bond motifs is 2. The predicted molar refractivity (Wildman–Crippen MR) is 113 cm³/mol. The summed E-state index contributed by atoms with van der Waals surface area (Å²) in [5.74, 6) is 0. The van der Waals surface area contributed by atoms with Gasteiger partial charge in [-0.15, -0.1) is 22.7 Å². The normalized spacial score (nSPS) is 12.0. The van der Waals surface area contributed by atoms with Crippen LogP contribution in [0.1, 0.15) is 0 Å². The summed E-state index contributed by atoms with van der Waals surface area (Å²) >= 11 is 5.75. The molecule has 2 heterocycles. The van der Waals surface area contributed by atoms with Gasteiger partial charge in [-0.2, -0.15) is 9.98 Å². The fourth-order valence-corrected chi connectivity index (χ4v) is 5.41. The van der Waals surface area contributed by atoms with Gasteiger partial charge in [0.15, 0.2) is 8.68 Å². The zero-order valence-corrected chi connectivity index (χ0v) is 16.4. The van der Waals surface area contributed by atoms with Gasteiger partial charge in [0.2, 0.25) is 0 Å². The van der Waals surface area contributed by atoms with E-state index in [1.165, 1.54) is 34.6 Å². The van der Waals surface area contributed by atoms with Crippen LogP contribution in [0.4, 0.5) is 4.79 Å². The first-order valence-corrected chi connectivity index (χ1v) is 10.8. The van der Waals surface area contributed by atoms with Crippen molar-refractivity contribution in [2.75, 3.05) is 0 Å². The standard InChI is InChI=1S/C17H10N4OS4/c22-15(18-9-23-16-20-11-5-1-3-7-13(11)25-16)19-10-24-17-21-12-6-2-4-8-14(12)26-17/h1-10H/b18-9-,19-10-. The van der Waals surface area contributed by atoms with Crippen LogP contribution in [0.25, 0.3) is 20.4 Å². The quantitative estimate of drug-likeness (QED) is 0.234. The van der Waals surface area contributed by atoms with Crippen molar-refractivity contribution in [1.29, 1.82) is 0 Å². The molecule has 2 aromatic carbocycles. The van der Waals surface area contributed by atoms with Gasteiger partial charge < -0.3 is 0 Å². The molecule has 0 saturated heterocycles. The molecule has 0 unspecified atom stereocenters. The minimum absolute atomic E-state index is 0.549. The predicted octanol–water partition coefficient (Wildman–Crippen LogP) is 5.97. The van der Waals surface area contributed by atoms with Crippen molar-refractivity contribution in [1.82, 2.24) is 9.97 Å². The third-order valence-corrected chi connectivity index (χ3v) is 6.93. The summed E-state index contributed by atoms with van der Waals surface area (Å²) in [6, 6.07) is 15.3. The van der Waals surface area contributed by atoms with Crippen LogP contribution in [0.3, 0.4) is 0 Å². The summed E-state index contributed by atoms with van der Waals surface area (Å²) in [6.07, 6.45) is 0. The summed E-state index contributed by atoms with van der Waals surface area (Å²) in [5, 5.41) is 0. The number of para-hydroxylation sites is 2. The molecule has 2 amide bonds. The van der Waals surface area contributed by atoms with Crippen LogP contribution in [0.5, 0.6) is 0 Å². The molecule has 5 nitrogen and oxygen atoms in total. The summed E-state index contributed by atoms with van der Waals surface area (Å²) < 4.78 is 3.91. The van der Waals surface area contributed by atoms with E-state index < -0.39 is 6.03 Å². The fourth-order valence-electron chi connectivity index (χ4n) is 2.07. The SMILES string of the molecule is O=C(/N=C\Sc1nc2ccccc2s1)/N=C\Sc1nc2ccccc2s1. The Hall–Kier alpha value is -2.07. The number of aromatic nitrogens is 2. The Labute approximate surface area is 165 Å². The number of benzene rings is 2. The van der Waals surface area contributed by atoms with Crippen molar-refractivity contribution in [2.24, 2.45) is 9.98 Å². The molecule has 0 atom stereocenters. The van der Waals surface area contributed by atoms with E-state index in [4.69, 9.17) is 0 Å². The minimum atomic E-state index is -0.549. The zero-order valence-electron chi connectivity index (χ0n) is 13.1. The van der Waals surface area contributed by atoms with Gasteiger partial charge in [0.05, 0.1) is 31.5 Å². The number of thioether (sulfide) groups is 2. The van der Waals surface area contributed by atoms with Crippen LogP contribution in [0, 0.1) is 0 Å². The van der Waals surface area contributed by atoms with E-state index in [9.17, 15) is 4.79 Å². The maximum atomic E-state index is 11.7. The topological polar surface area (TPSA) is 67.6 Å². The Kier molecular flexibility index (Phi) is 5.40. The van der Waals surface area contributed by atoms with E-state index in [0.29, 0.717) is 0 Å². The van der Waals surface area contributed by atoms with Crippen LogP contribution in [0.2, 0.25) is 0 Å². The maximum absolute atomic E-state index is 11.7. The van der Waals surface area contributed by atoms with Gasteiger partial charge >= 0.3 is 6.03 Å². The Morgan fingerprint density at radius 3 is 1.73 bits per heavy atom. The maximum Gasteiger partial charge on any atom is 0.367 e. The van der Waals surface area contributed by atoms with Crippen molar-refractivity contribution in [3.8, 4) is 0 Å². The number of nitrogens with zero attached hydrogens (tertiary/aromatic N) is 4. The highest BCUT2D eigenvalue weighted by atomic mass is 32.2. The molecule has 0 bridgehead atoms. The number of hydrogen-bond acceptors (Lipinski definition) is 7. The second kappa shape index (κ2) is 8.09. The lowest BCUT2D eigenvalue weighted by Gasteiger charge is -1.86. The molecule has 0 aliphatic rings. The smallest absolute Gasteiger partial charge is 0.244 e. The van der Waals surface area contributed by atoms with E-state index >= 15 is 0 Å². The van der Waals surface area contributed by atoms with E-state index in [-0.39, 0.29) is 0 Å². The van der Waals surface area contributed by atoms with Crippen molar-refractivity contribution in [3.63, 3.8) is 0 Å². The molecule has 0 saturated carbocycles. The van der Waals surface area contributed by atoms with Gasteiger partial charge in [0.1, 0.15) is 0 Å². The number of hydrogen-bond donors (Lipinski definition) is 0. The Morgan fingerprint density at radius 2 is 1.27 bits per heavy atom. The lowest BCUT2D eigenvalue weighted by molar-refractivity contribution is 0.257. The fraction of sp³-hybridized carbons (Fsp3) is 0. The number of thiazole rings is 2. The third-order valence-electron chi connectivity index (χ3n) is 3.18. The highest BCUT2D eigenvalue weighted by molar-refractivity contribution is 8.13. The van der Waals surface area contributed by atoms with Gasteiger partial charge in [-0.25, -0.2) is 14.8 Å². The number of urea groups is 1. The molecule has 0 N–H and O–H groups in total. The van der Waals surface area contributed by atoms with E-state index in [2.05, 4.69) is 20.0 Å². The van der Waals surface area contributed by atoms with Gasteiger partial charge in [0, 0.05) is 0 Å². The summed E-state index contributed by atoms with van der Waals surface area (Å²) in [5.41, 5.74) is 4.84. The van der Waals surface area contributed by atoms with Gasteiger partial charge in [-0.05, 0) is 47.8 Å². The molecule has 0 radical (unpaired) electrons. The minimum Gasteiger partial charge on any atom is -0.244 e. The Balaban J connectivity index is 1.32. The Bertz CT molecular complexity index is 978. The molecule has 9 heteroatoms. The second-order valence-electron chi connectivity index (χ2n) is 4.88. The molecule has 128 valence electrons. The van der Waals surface area contributed by atoms with Crippen LogP contribution in [-0.4, -0.2) is 27.1 Å². The average molecular weight is 415 g/mol. The number of rotatable bonds is 4. The van der Waals surface area contributed by atoms with Crippen molar-refractivity contribution in [3.05, 3.63) is 48.5 Å². The second-order valence-corrected chi connectivity index (χ2v) is 9.13. The molecule has 0 aliphatic carbocycles. The van der Waals surface area contributed by atoms with Gasteiger partial charge in [-0.1, -0.05) is 24.3 Å². The number of carbonyl (C=O) groups is 1. The summed E-state index contributed by atoms with van der Waals surface area (Å²) in [6.45, 7) is 0. The highest BCUT2D eigenvalue weighted by Gasteiger charge is 2.03. The molecule has 4 rings (SSSR count). The van der Waals surface area contributed by atoms with Crippen molar-refractivity contribution in [2.45, 2.75) is 8.68 Å². The van der Waals surface area contributed by atoms with Crippen molar-refractivity contribution >= 4 is 83.8 Å². The largest absolute Gasteiger partial charge is 0.367 e. The van der Waals surface area contributed by atoms with Gasteiger partial charge in [-0.3, -0.25) is 0 Å².